The van der Waals surface area contributed by atoms with E-state index in [1.54, 1.807) is 23.2 Å². The van der Waals surface area contributed by atoms with Crippen molar-refractivity contribution in [3.05, 3.63) is 99.1 Å². The number of amides is 2. The van der Waals surface area contributed by atoms with E-state index in [0.717, 1.165) is 22.3 Å². The van der Waals surface area contributed by atoms with Crippen molar-refractivity contribution in [3.8, 4) is 11.1 Å². The van der Waals surface area contributed by atoms with Gasteiger partial charge < -0.3 is 25.1 Å². The molecule has 0 bridgehead atoms. The minimum Gasteiger partial charge on any atom is -0.465 e. The number of nitrogens with one attached hydrogen (secondary N) is 1. The van der Waals surface area contributed by atoms with E-state index < -0.39 is 18.2 Å². The highest BCUT2D eigenvalue weighted by Gasteiger charge is 2.32. The van der Waals surface area contributed by atoms with Crippen LogP contribution in [0.15, 0.2) is 71.5 Å². The molecule has 1 aromatic heterocycles. The maximum atomic E-state index is 14.0. The van der Waals surface area contributed by atoms with E-state index >= 15 is 0 Å². The molecule has 44 heavy (non-hydrogen) atoms. The van der Waals surface area contributed by atoms with Crippen LogP contribution in [0.2, 0.25) is 5.02 Å². The minimum absolute atomic E-state index is 0.0960. The van der Waals surface area contributed by atoms with Gasteiger partial charge in [-0.15, -0.1) is 0 Å². The van der Waals surface area contributed by atoms with Crippen LogP contribution in [0, 0.1) is 5.92 Å². The summed E-state index contributed by atoms with van der Waals surface area (Å²) in [6.07, 6.45) is -1.13. The lowest BCUT2D eigenvalue weighted by Crippen LogP contribution is -2.56. The second kappa shape index (κ2) is 12.2. The molecule has 0 radical (unpaired) electrons. The van der Waals surface area contributed by atoms with E-state index in [4.69, 9.17) is 21.3 Å². The Kier molecular flexibility index (Phi) is 8.18. The van der Waals surface area contributed by atoms with Gasteiger partial charge in [-0.25, -0.2) is 19.2 Å². The van der Waals surface area contributed by atoms with Crippen LogP contribution in [-0.2, 0) is 4.74 Å². The number of ether oxygens (including phenoxy) is 1. The highest BCUT2D eigenvalue weighted by atomic mass is 35.5. The fourth-order valence-corrected chi connectivity index (χ4v) is 6.52. The quantitative estimate of drug-likeness (QED) is 0.278. The largest absolute Gasteiger partial charge is 0.465 e. The molecule has 2 amide bonds. The summed E-state index contributed by atoms with van der Waals surface area (Å²) >= 11 is 6.47. The van der Waals surface area contributed by atoms with Crippen molar-refractivity contribution in [1.82, 2.24) is 19.9 Å². The topological polar surface area (TPSA) is 117 Å². The van der Waals surface area contributed by atoms with E-state index in [1.165, 1.54) is 9.58 Å². The summed E-state index contributed by atoms with van der Waals surface area (Å²) in [5, 5.41) is 14.8. The first kappa shape index (κ1) is 29.5. The molecule has 1 aliphatic carbocycles. The molecule has 3 aromatic carbocycles. The Morgan fingerprint density at radius 1 is 0.977 bits per heavy atom. The Bertz CT molecular complexity index is 1740. The number of carboxylic acid groups (broad SMARTS) is 1. The Balaban J connectivity index is 1.31. The third-order valence-electron chi connectivity index (χ3n) is 8.31. The van der Waals surface area contributed by atoms with Crippen LogP contribution in [0.1, 0.15) is 49.2 Å². The maximum Gasteiger partial charge on any atom is 0.407 e. The molecule has 1 saturated heterocycles. The van der Waals surface area contributed by atoms with Crippen LogP contribution in [0.5, 0.6) is 0 Å². The van der Waals surface area contributed by atoms with Gasteiger partial charge in [0.25, 0.3) is 5.56 Å². The molecular weight excluding hydrogens is 582 g/mol. The highest BCUT2D eigenvalue weighted by Crippen LogP contribution is 2.44. The van der Waals surface area contributed by atoms with E-state index in [1.807, 2.05) is 38.1 Å². The molecule has 0 saturated carbocycles. The van der Waals surface area contributed by atoms with Gasteiger partial charge in [-0.1, -0.05) is 80.0 Å². The molecular formula is C33H34ClN5O5. The zero-order valence-electron chi connectivity index (χ0n) is 24.6. The highest BCUT2D eigenvalue weighted by molar-refractivity contribution is 6.35. The Labute approximate surface area is 259 Å². The molecule has 6 rings (SSSR count). The summed E-state index contributed by atoms with van der Waals surface area (Å²) in [5.41, 5.74) is 4.55. The van der Waals surface area contributed by atoms with Gasteiger partial charge in [0.2, 0.25) is 0 Å². The van der Waals surface area contributed by atoms with E-state index in [-0.39, 0.29) is 60.6 Å². The summed E-state index contributed by atoms with van der Waals surface area (Å²) < 4.78 is 7.33. The van der Waals surface area contributed by atoms with Gasteiger partial charge in [0.1, 0.15) is 6.61 Å². The van der Waals surface area contributed by atoms with Crippen LogP contribution in [0.25, 0.3) is 22.0 Å². The van der Waals surface area contributed by atoms with E-state index in [2.05, 4.69) is 29.6 Å². The first-order valence-corrected chi connectivity index (χ1v) is 15.2. The first-order valence-electron chi connectivity index (χ1n) is 14.8. The number of hydrogen-bond donors (Lipinski definition) is 2. The first-order chi connectivity index (χ1) is 21.2. The lowest BCUT2D eigenvalue weighted by Gasteiger charge is -2.37. The molecule has 1 atom stereocenters. The molecule has 1 aliphatic heterocycles. The van der Waals surface area contributed by atoms with Crippen LogP contribution in [0.4, 0.5) is 9.59 Å². The average molecular weight is 616 g/mol. The van der Waals surface area contributed by atoms with Gasteiger partial charge in [0.05, 0.1) is 35.1 Å². The SMILES string of the molecule is CC(C)CC(NC(=O)OCC1c2ccccc2-c2ccccc21)c1nc2cccc(Cl)c2c(=O)n1N1CCN(C(=O)O)CC1. The number of carbonyl (C=O) groups is 2. The van der Waals surface area contributed by atoms with E-state index in [0.29, 0.717) is 17.8 Å². The predicted molar refractivity (Wildman–Crippen MR) is 169 cm³/mol. The zero-order valence-corrected chi connectivity index (χ0v) is 25.3. The predicted octanol–water partition coefficient (Wildman–Crippen LogP) is 5.61. The van der Waals surface area contributed by atoms with Crippen LogP contribution >= 0.6 is 11.6 Å². The standard InChI is InChI=1S/C33H34ClN5O5/c1-20(2)18-28(36-32(41)44-19-25-23-10-5-3-8-21(23)22-9-4-6-11-24(22)25)30-35-27-13-7-12-26(34)29(27)31(40)39(30)38-16-14-37(15-17-38)33(42)43/h3-13,20,25,28H,14-19H2,1-2H3,(H,36,41)(H,42,43). The number of benzene rings is 3. The minimum atomic E-state index is -1.01. The monoisotopic (exact) mass is 615 g/mol. The fraction of sp³-hybridized carbons (Fsp3) is 0.333. The Morgan fingerprint density at radius 2 is 1.61 bits per heavy atom. The number of rotatable bonds is 7. The summed E-state index contributed by atoms with van der Waals surface area (Å²) in [6, 6.07) is 20.7. The number of halogens is 1. The molecule has 10 nitrogen and oxygen atoms in total. The van der Waals surface area contributed by atoms with Gasteiger partial charge in [0, 0.05) is 19.0 Å². The van der Waals surface area contributed by atoms with Gasteiger partial charge in [-0.3, -0.25) is 4.79 Å². The molecule has 2 N–H and O–H groups in total. The van der Waals surface area contributed by atoms with Crippen molar-refractivity contribution in [1.29, 1.82) is 0 Å². The summed E-state index contributed by atoms with van der Waals surface area (Å²) in [7, 11) is 0. The number of alkyl carbamates (subject to hydrolysis) is 1. The molecule has 228 valence electrons. The lowest BCUT2D eigenvalue weighted by molar-refractivity contribution is 0.134. The van der Waals surface area contributed by atoms with Crippen molar-refractivity contribution in [2.45, 2.75) is 32.2 Å². The number of carbonyl (C=O) groups excluding carboxylic acids is 1. The van der Waals surface area contributed by atoms with Crippen molar-refractivity contribution in [3.63, 3.8) is 0 Å². The van der Waals surface area contributed by atoms with Gasteiger partial charge in [-0.2, -0.15) is 0 Å². The van der Waals surface area contributed by atoms with Crippen molar-refractivity contribution in [2.75, 3.05) is 37.8 Å². The van der Waals surface area contributed by atoms with E-state index in [9.17, 15) is 19.5 Å². The second-order valence-electron chi connectivity index (χ2n) is 11.6. The third kappa shape index (κ3) is 5.57. The van der Waals surface area contributed by atoms with Crippen LogP contribution in [0.3, 0.4) is 0 Å². The smallest absolute Gasteiger partial charge is 0.407 e. The number of nitrogens with zero attached hydrogens (tertiary/aromatic N) is 4. The van der Waals surface area contributed by atoms with Crippen molar-refractivity contribution in [2.24, 2.45) is 5.92 Å². The number of fused-ring (bicyclic) bond motifs is 4. The lowest BCUT2D eigenvalue weighted by atomic mass is 9.98. The molecule has 1 fully saturated rings. The zero-order chi connectivity index (χ0) is 31.0. The molecule has 4 aromatic rings. The Hall–Kier alpha value is -4.57. The molecule has 0 spiro atoms. The second-order valence-corrected chi connectivity index (χ2v) is 12.0. The van der Waals surface area contributed by atoms with Gasteiger partial charge in [-0.05, 0) is 46.7 Å². The number of aromatic nitrogens is 2. The summed E-state index contributed by atoms with van der Waals surface area (Å²) in [4.78, 5) is 45.2. The average Bonchev–Trinajstić information content (AvgIpc) is 3.33. The summed E-state index contributed by atoms with van der Waals surface area (Å²) in [5.74, 6) is 0.384. The number of piperazine rings is 1. The molecule has 2 aliphatic rings. The maximum absolute atomic E-state index is 14.0. The molecule has 11 heteroatoms. The third-order valence-corrected chi connectivity index (χ3v) is 8.63. The fourth-order valence-electron chi connectivity index (χ4n) is 6.27. The van der Waals surface area contributed by atoms with Crippen LogP contribution < -0.4 is 15.9 Å². The molecule has 2 heterocycles. The summed E-state index contributed by atoms with van der Waals surface area (Å²) in [6.45, 7) is 5.19. The van der Waals surface area contributed by atoms with Gasteiger partial charge >= 0.3 is 12.2 Å². The van der Waals surface area contributed by atoms with Crippen LogP contribution in [-0.4, -0.2) is 64.6 Å². The normalized spacial score (nSPS) is 15.3. The molecule has 1 unspecified atom stereocenters. The number of hydrogen-bond acceptors (Lipinski definition) is 6. The van der Waals surface area contributed by atoms with Crippen molar-refractivity contribution >= 4 is 34.7 Å². The van der Waals surface area contributed by atoms with Gasteiger partial charge in [0.15, 0.2) is 5.82 Å². The Morgan fingerprint density at radius 3 is 2.23 bits per heavy atom. The van der Waals surface area contributed by atoms with Crippen molar-refractivity contribution < 1.29 is 19.4 Å².